The Kier molecular flexibility index (Phi) is 4.64. The first-order valence-corrected chi connectivity index (χ1v) is 12.3. The zero-order valence-electron chi connectivity index (χ0n) is 14.9. The molecule has 1 aliphatic heterocycles. The molecule has 144 valence electrons. The molecule has 0 saturated carbocycles. The molecule has 0 amide bonds. The fraction of sp³-hybridized carbons (Fsp3) is 0.238. The van der Waals surface area contributed by atoms with Crippen LogP contribution in [-0.4, -0.2) is 25.0 Å². The number of sulfonamides is 1. The van der Waals surface area contributed by atoms with E-state index in [0.29, 0.717) is 21.5 Å². The predicted molar refractivity (Wildman–Crippen MR) is 117 cm³/mol. The van der Waals surface area contributed by atoms with Gasteiger partial charge in [0, 0.05) is 22.3 Å². The van der Waals surface area contributed by atoms with Crippen LogP contribution in [0.2, 0.25) is 10.0 Å². The van der Waals surface area contributed by atoms with Gasteiger partial charge in [-0.1, -0.05) is 53.5 Å². The molecule has 1 fully saturated rings. The van der Waals surface area contributed by atoms with Crippen LogP contribution >= 0.6 is 35.0 Å². The minimum absolute atomic E-state index is 0.339. The maximum atomic E-state index is 13.7. The topological polar surface area (TPSA) is 37.4 Å². The van der Waals surface area contributed by atoms with E-state index in [4.69, 9.17) is 23.2 Å². The molecule has 0 aromatic heterocycles. The average molecular weight is 450 g/mol. The Morgan fingerprint density at radius 2 is 1.89 bits per heavy atom. The molecule has 5 rings (SSSR count). The van der Waals surface area contributed by atoms with E-state index in [0.717, 1.165) is 40.5 Å². The van der Waals surface area contributed by atoms with Gasteiger partial charge in [-0.3, -0.25) is 0 Å². The summed E-state index contributed by atoms with van der Waals surface area (Å²) in [5.74, 6) is 0.733. The molecule has 1 aliphatic carbocycles. The van der Waals surface area contributed by atoms with Crippen LogP contribution in [0, 0.1) is 0 Å². The Morgan fingerprint density at radius 3 is 2.71 bits per heavy atom. The van der Waals surface area contributed by atoms with E-state index >= 15 is 0 Å². The second-order valence-corrected chi connectivity index (χ2v) is 11.0. The summed E-state index contributed by atoms with van der Waals surface area (Å²) in [5.41, 5.74) is 2.97. The number of nitrogens with zero attached hydrogens (tertiary/aromatic N) is 1. The molecule has 0 spiro atoms. The van der Waals surface area contributed by atoms with E-state index in [9.17, 15) is 8.42 Å². The average Bonchev–Trinajstić information content (AvgIpc) is 3.31. The Morgan fingerprint density at radius 1 is 1.04 bits per heavy atom. The zero-order chi connectivity index (χ0) is 19.5. The van der Waals surface area contributed by atoms with E-state index < -0.39 is 10.0 Å². The number of hydrogen-bond acceptors (Lipinski definition) is 3. The third-order valence-electron chi connectivity index (χ3n) is 5.50. The monoisotopic (exact) mass is 449 g/mol. The normalized spacial score (nSPS) is 19.6. The fourth-order valence-electron chi connectivity index (χ4n) is 4.25. The first-order chi connectivity index (χ1) is 13.5. The van der Waals surface area contributed by atoms with Gasteiger partial charge in [-0.05, 0) is 58.5 Å². The lowest BCUT2D eigenvalue weighted by Gasteiger charge is -2.25. The van der Waals surface area contributed by atoms with Crippen molar-refractivity contribution in [2.45, 2.75) is 23.1 Å². The van der Waals surface area contributed by atoms with Gasteiger partial charge in [0.15, 0.2) is 0 Å². The largest absolute Gasteiger partial charge is 0.244 e. The summed E-state index contributed by atoms with van der Waals surface area (Å²) in [6.07, 6.45) is 1.65. The highest BCUT2D eigenvalue weighted by atomic mass is 35.5. The Balaban J connectivity index is 1.62. The Hall–Kier alpha value is -1.24. The number of halogens is 2. The number of hydrogen-bond donors (Lipinski definition) is 0. The van der Waals surface area contributed by atoms with Gasteiger partial charge >= 0.3 is 0 Å². The molecule has 3 aromatic carbocycles. The molecular formula is C21H17Cl2NO2S2. The lowest BCUT2D eigenvalue weighted by atomic mass is 10.1. The molecule has 3 nitrogen and oxygen atoms in total. The van der Waals surface area contributed by atoms with Crippen LogP contribution in [0.3, 0.4) is 0 Å². The fourth-order valence-corrected chi connectivity index (χ4v) is 8.35. The number of aryl methyl sites for hydroxylation is 2. The maximum absolute atomic E-state index is 13.7. The van der Waals surface area contributed by atoms with Crippen LogP contribution in [0.4, 0.5) is 0 Å². The molecular weight excluding hydrogens is 433 g/mol. The van der Waals surface area contributed by atoms with Crippen molar-refractivity contribution in [2.75, 3.05) is 12.3 Å². The molecule has 7 heteroatoms. The van der Waals surface area contributed by atoms with Gasteiger partial charge in [-0.25, -0.2) is 8.42 Å². The van der Waals surface area contributed by atoms with Gasteiger partial charge in [0.2, 0.25) is 10.0 Å². The number of benzene rings is 3. The molecule has 1 heterocycles. The first-order valence-electron chi connectivity index (χ1n) is 9.09. The van der Waals surface area contributed by atoms with Crippen LogP contribution in [0.5, 0.6) is 0 Å². The number of rotatable bonds is 3. The van der Waals surface area contributed by atoms with Crippen molar-refractivity contribution in [3.8, 4) is 0 Å². The molecule has 3 aromatic rings. The van der Waals surface area contributed by atoms with Gasteiger partial charge in [0.1, 0.15) is 0 Å². The molecule has 2 aliphatic rings. The third kappa shape index (κ3) is 2.87. The van der Waals surface area contributed by atoms with Crippen molar-refractivity contribution < 1.29 is 8.42 Å². The lowest BCUT2D eigenvalue weighted by Crippen LogP contribution is -2.31. The van der Waals surface area contributed by atoms with Crippen LogP contribution in [0.25, 0.3) is 10.8 Å². The molecule has 0 unspecified atom stereocenters. The van der Waals surface area contributed by atoms with Gasteiger partial charge < -0.3 is 0 Å². The molecule has 28 heavy (non-hydrogen) atoms. The van der Waals surface area contributed by atoms with Crippen molar-refractivity contribution in [2.24, 2.45) is 0 Å². The Labute approximate surface area is 178 Å². The van der Waals surface area contributed by atoms with Crippen molar-refractivity contribution in [1.29, 1.82) is 0 Å². The summed E-state index contributed by atoms with van der Waals surface area (Å²) in [5, 5.41) is 2.92. The summed E-state index contributed by atoms with van der Waals surface area (Å²) in [7, 11) is -3.64. The van der Waals surface area contributed by atoms with Crippen molar-refractivity contribution in [1.82, 2.24) is 4.31 Å². The summed E-state index contributed by atoms with van der Waals surface area (Å²) >= 11 is 14.0. The van der Waals surface area contributed by atoms with Gasteiger partial charge in [-0.2, -0.15) is 4.31 Å². The Bertz CT molecular complexity index is 1210. The predicted octanol–water partition coefficient (Wildman–Crippen LogP) is 5.68. The second kappa shape index (κ2) is 6.92. The van der Waals surface area contributed by atoms with Crippen LogP contribution < -0.4 is 0 Å². The van der Waals surface area contributed by atoms with Gasteiger partial charge in [-0.15, -0.1) is 11.8 Å². The third-order valence-corrected chi connectivity index (χ3v) is 9.39. The van der Waals surface area contributed by atoms with E-state index in [-0.39, 0.29) is 5.37 Å². The van der Waals surface area contributed by atoms with Crippen molar-refractivity contribution in [3.63, 3.8) is 0 Å². The molecule has 0 bridgehead atoms. The zero-order valence-corrected chi connectivity index (χ0v) is 18.0. The quantitative estimate of drug-likeness (QED) is 0.515. The molecule has 1 atom stereocenters. The summed E-state index contributed by atoms with van der Waals surface area (Å²) in [4.78, 5) is 0.433. The summed E-state index contributed by atoms with van der Waals surface area (Å²) < 4.78 is 29.0. The number of thioether (sulfide) groups is 1. The SMILES string of the molecule is O=S(=O)(c1ccc2cccc3c2c1CC3)N1CCS[C@@H]1c1ccc(Cl)cc1Cl. The standard InChI is InChI=1S/C21H17Cl2NO2S2/c22-15-6-8-16(18(23)12-15)21-24(10-11-27-21)28(25,26)19-9-5-14-3-1-2-13-4-7-17(19)20(13)14/h1-3,5-6,8-9,12,21H,4,7,10-11H2/t21-/m1/s1. The highest BCUT2D eigenvalue weighted by Crippen LogP contribution is 2.45. The lowest BCUT2D eigenvalue weighted by molar-refractivity contribution is 0.434. The van der Waals surface area contributed by atoms with Crippen molar-refractivity contribution >= 4 is 55.8 Å². The molecule has 1 saturated heterocycles. The van der Waals surface area contributed by atoms with Crippen LogP contribution in [0.15, 0.2) is 53.4 Å². The van der Waals surface area contributed by atoms with Gasteiger partial charge in [0.25, 0.3) is 0 Å². The van der Waals surface area contributed by atoms with E-state index in [1.165, 1.54) is 5.56 Å². The molecule has 0 N–H and O–H groups in total. The highest BCUT2D eigenvalue weighted by molar-refractivity contribution is 8.01. The smallest absolute Gasteiger partial charge is 0.207 e. The molecule has 0 radical (unpaired) electrons. The highest BCUT2D eigenvalue weighted by Gasteiger charge is 2.39. The maximum Gasteiger partial charge on any atom is 0.244 e. The summed E-state index contributed by atoms with van der Waals surface area (Å²) in [6, 6.07) is 15.1. The first kappa shape index (κ1) is 18.8. The minimum Gasteiger partial charge on any atom is -0.207 e. The van der Waals surface area contributed by atoms with Gasteiger partial charge in [0.05, 0.1) is 10.3 Å². The van der Waals surface area contributed by atoms with Crippen LogP contribution in [-0.2, 0) is 22.9 Å². The van der Waals surface area contributed by atoms with E-state index in [1.807, 2.05) is 24.3 Å². The van der Waals surface area contributed by atoms with E-state index in [1.54, 1.807) is 34.3 Å². The van der Waals surface area contributed by atoms with Crippen LogP contribution in [0.1, 0.15) is 22.1 Å². The van der Waals surface area contributed by atoms with E-state index in [2.05, 4.69) is 6.07 Å². The summed E-state index contributed by atoms with van der Waals surface area (Å²) in [6.45, 7) is 0.468. The van der Waals surface area contributed by atoms with Crippen molar-refractivity contribution in [3.05, 3.63) is 75.3 Å². The second-order valence-electron chi connectivity index (χ2n) is 7.06. The minimum atomic E-state index is -3.64.